The number of hydrogen-bond acceptors (Lipinski definition) is 2. The molecule has 0 spiro atoms. The Morgan fingerprint density at radius 3 is 2.43 bits per heavy atom. The molecule has 3 nitrogen and oxygen atoms in total. The van der Waals surface area contributed by atoms with Crippen LogP contribution in [-0.4, -0.2) is 17.4 Å². The Balaban J connectivity index is 2.15. The zero-order chi connectivity index (χ0) is 16.8. The van der Waals surface area contributed by atoms with Gasteiger partial charge in [-0.15, -0.1) is 0 Å². The minimum absolute atomic E-state index is 0.0428. The van der Waals surface area contributed by atoms with Gasteiger partial charge in [-0.1, -0.05) is 30.3 Å². The summed E-state index contributed by atoms with van der Waals surface area (Å²) < 4.78 is 13.7. The van der Waals surface area contributed by atoms with E-state index in [-0.39, 0.29) is 24.2 Å². The lowest BCUT2D eigenvalue weighted by Gasteiger charge is -2.28. The Bertz CT molecular complexity index is 719. The van der Waals surface area contributed by atoms with E-state index in [1.807, 2.05) is 26.0 Å². The number of halogens is 1. The molecular weight excluding hydrogens is 291 g/mol. The first kappa shape index (κ1) is 16.7. The van der Waals surface area contributed by atoms with Gasteiger partial charge in [0.25, 0.3) is 0 Å². The largest absolute Gasteiger partial charge is 0.336 e. The van der Waals surface area contributed by atoms with Crippen molar-refractivity contribution in [3.63, 3.8) is 0 Å². The highest BCUT2D eigenvalue weighted by Crippen LogP contribution is 2.22. The number of benzene rings is 2. The van der Waals surface area contributed by atoms with Crippen molar-refractivity contribution in [3.8, 4) is 6.07 Å². The van der Waals surface area contributed by atoms with Crippen LogP contribution in [0.1, 0.15) is 36.6 Å². The molecule has 0 N–H and O–H groups in total. The van der Waals surface area contributed by atoms with Gasteiger partial charge >= 0.3 is 0 Å². The molecule has 0 saturated heterocycles. The van der Waals surface area contributed by atoms with E-state index in [9.17, 15) is 9.18 Å². The third-order valence-corrected chi connectivity index (χ3v) is 3.95. The number of hydrogen-bond donors (Lipinski definition) is 0. The fourth-order valence-corrected chi connectivity index (χ4v) is 2.59. The first-order valence-electron chi connectivity index (χ1n) is 7.59. The first-order chi connectivity index (χ1) is 11.1. The van der Waals surface area contributed by atoms with Gasteiger partial charge in [-0.05, 0) is 43.2 Å². The Kier molecular flexibility index (Phi) is 5.48. The molecule has 2 aromatic rings. The summed E-state index contributed by atoms with van der Waals surface area (Å²) >= 11 is 0. The molecule has 1 amide bonds. The van der Waals surface area contributed by atoms with Gasteiger partial charge in [-0.3, -0.25) is 4.79 Å². The van der Waals surface area contributed by atoms with Crippen LogP contribution in [0.5, 0.6) is 0 Å². The van der Waals surface area contributed by atoms with Crippen molar-refractivity contribution in [2.45, 2.75) is 26.3 Å². The average Bonchev–Trinajstić information content (AvgIpc) is 2.57. The molecule has 2 rings (SSSR count). The van der Waals surface area contributed by atoms with Crippen LogP contribution in [0.2, 0.25) is 0 Å². The third kappa shape index (κ3) is 3.95. The number of nitriles is 1. The van der Waals surface area contributed by atoms with Gasteiger partial charge in [0.05, 0.1) is 24.1 Å². The standard InChI is InChI=1S/C19H19FN2O/c1-3-22(14(2)16-10-8-15(13-21)9-11-16)19(23)12-17-6-4-5-7-18(17)20/h4-11,14H,3,12H2,1-2H3. The van der Waals surface area contributed by atoms with E-state index in [4.69, 9.17) is 5.26 Å². The van der Waals surface area contributed by atoms with E-state index < -0.39 is 0 Å². The van der Waals surface area contributed by atoms with E-state index in [1.54, 1.807) is 35.2 Å². The highest BCUT2D eigenvalue weighted by atomic mass is 19.1. The Morgan fingerprint density at radius 2 is 1.87 bits per heavy atom. The summed E-state index contributed by atoms with van der Waals surface area (Å²) in [6, 6.07) is 15.5. The lowest BCUT2D eigenvalue weighted by atomic mass is 10.0. The van der Waals surface area contributed by atoms with Crippen molar-refractivity contribution in [2.75, 3.05) is 6.54 Å². The van der Waals surface area contributed by atoms with Gasteiger partial charge < -0.3 is 4.90 Å². The molecule has 0 fully saturated rings. The predicted octanol–water partition coefficient (Wildman–Crippen LogP) is 3.85. The highest BCUT2D eigenvalue weighted by Gasteiger charge is 2.21. The second-order valence-electron chi connectivity index (χ2n) is 5.36. The molecule has 0 aliphatic rings. The molecule has 0 aliphatic carbocycles. The number of carbonyl (C=O) groups excluding carboxylic acids is 1. The summed E-state index contributed by atoms with van der Waals surface area (Å²) in [4.78, 5) is 14.3. The molecule has 1 unspecified atom stereocenters. The van der Waals surface area contributed by atoms with Crippen molar-refractivity contribution in [1.82, 2.24) is 4.90 Å². The molecule has 4 heteroatoms. The van der Waals surface area contributed by atoms with Crippen molar-refractivity contribution in [1.29, 1.82) is 5.26 Å². The molecule has 0 saturated carbocycles. The molecule has 0 aromatic heterocycles. The van der Waals surface area contributed by atoms with Crippen LogP contribution >= 0.6 is 0 Å². The Morgan fingerprint density at radius 1 is 1.22 bits per heavy atom. The first-order valence-corrected chi connectivity index (χ1v) is 7.59. The number of nitrogens with zero attached hydrogens (tertiary/aromatic N) is 2. The summed E-state index contributed by atoms with van der Waals surface area (Å²) in [5, 5.41) is 8.85. The van der Waals surface area contributed by atoms with Crippen LogP contribution in [0, 0.1) is 17.1 Å². The highest BCUT2D eigenvalue weighted by molar-refractivity contribution is 5.79. The molecule has 0 heterocycles. The topological polar surface area (TPSA) is 44.1 Å². The summed E-state index contributed by atoms with van der Waals surface area (Å²) in [5.74, 6) is -0.475. The van der Waals surface area contributed by atoms with E-state index in [0.29, 0.717) is 17.7 Å². The molecule has 0 radical (unpaired) electrons. The van der Waals surface area contributed by atoms with Gasteiger partial charge in [0.1, 0.15) is 5.82 Å². The monoisotopic (exact) mass is 310 g/mol. The van der Waals surface area contributed by atoms with Crippen molar-refractivity contribution >= 4 is 5.91 Å². The van der Waals surface area contributed by atoms with Crippen molar-refractivity contribution in [3.05, 3.63) is 71.0 Å². The molecule has 118 valence electrons. The number of carbonyl (C=O) groups is 1. The SMILES string of the molecule is CCN(C(=O)Cc1ccccc1F)C(C)c1ccc(C#N)cc1. The number of amides is 1. The van der Waals surface area contributed by atoms with Crippen molar-refractivity contribution < 1.29 is 9.18 Å². The molecular formula is C19H19FN2O. The fraction of sp³-hybridized carbons (Fsp3) is 0.263. The van der Waals surface area contributed by atoms with Gasteiger partial charge in [0.15, 0.2) is 0 Å². The summed E-state index contributed by atoms with van der Waals surface area (Å²) in [6.45, 7) is 4.37. The Hall–Kier alpha value is -2.67. The van der Waals surface area contributed by atoms with Crippen LogP contribution in [0.3, 0.4) is 0 Å². The summed E-state index contributed by atoms with van der Waals surface area (Å²) in [6.07, 6.45) is 0.0428. The van der Waals surface area contributed by atoms with E-state index in [0.717, 1.165) is 5.56 Å². The van der Waals surface area contributed by atoms with E-state index in [1.165, 1.54) is 6.07 Å². The second-order valence-corrected chi connectivity index (χ2v) is 5.36. The molecule has 1 atom stereocenters. The van der Waals surface area contributed by atoms with Crippen LogP contribution in [0.25, 0.3) is 0 Å². The summed E-state index contributed by atoms with van der Waals surface area (Å²) in [7, 11) is 0. The van der Waals surface area contributed by atoms with E-state index >= 15 is 0 Å². The zero-order valence-corrected chi connectivity index (χ0v) is 13.3. The van der Waals surface area contributed by atoms with Gasteiger partial charge in [-0.25, -0.2) is 4.39 Å². The third-order valence-electron chi connectivity index (χ3n) is 3.95. The van der Waals surface area contributed by atoms with Gasteiger partial charge in [0, 0.05) is 6.54 Å². The smallest absolute Gasteiger partial charge is 0.227 e. The lowest BCUT2D eigenvalue weighted by molar-refractivity contribution is -0.132. The molecule has 0 aliphatic heterocycles. The van der Waals surface area contributed by atoms with Crippen LogP contribution in [-0.2, 0) is 11.2 Å². The quantitative estimate of drug-likeness (QED) is 0.842. The van der Waals surface area contributed by atoms with Gasteiger partial charge in [-0.2, -0.15) is 5.26 Å². The zero-order valence-electron chi connectivity index (χ0n) is 13.3. The van der Waals surface area contributed by atoms with Crippen LogP contribution in [0.15, 0.2) is 48.5 Å². The second kappa shape index (κ2) is 7.55. The number of rotatable bonds is 5. The molecule has 2 aromatic carbocycles. The maximum atomic E-state index is 13.7. The molecule has 23 heavy (non-hydrogen) atoms. The van der Waals surface area contributed by atoms with Crippen LogP contribution < -0.4 is 0 Å². The predicted molar refractivity (Wildman–Crippen MR) is 87.1 cm³/mol. The minimum Gasteiger partial charge on any atom is -0.336 e. The van der Waals surface area contributed by atoms with Crippen LogP contribution in [0.4, 0.5) is 4.39 Å². The molecule has 0 bridgehead atoms. The van der Waals surface area contributed by atoms with E-state index in [2.05, 4.69) is 6.07 Å². The minimum atomic E-state index is -0.358. The maximum Gasteiger partial charge on any atom is 0.227 e. The Labute approximate surface area is 136 Å². The maximum absolute atomic E-state index is 13.7. The normalized spacial score (nSPS) is 11.6. The lowest BCUT2D eigenvalue weighted by Crippen LogP contribution is -2.34. The summed E-state index contributed by atoms with van der Waals surface area (Å²) in [5.41, 5.74) is 1.94. The van der Waals surface area contributed by atoms with Gasteiger partial charge in [0.2, 0.25) is 5.91 Å². The average molecular weight is 310 g/mol. The van der Waals surface area contributed by atoms with Crippen molar-refractivity contribution in [2.24, 2.45) is 0 Å². The fourth-order valence-electron chi connectivity index (χ4n) is 2.59. The number of likely N-dealkylation sites (N-methyl/N-ethyl adjacent to an activating group) is 1.